The molecule has 0 unspecified atom stereocenters. The van der Waals surface area contributed by atoms with Crippen molar-refractivity contribution in [2.45, 2.75) is 56.8 Å². The van der Waals surface area contributed by atoms with Crippen molar-refractivity contribution >= 4 is 21.7 Å². The molecule has 1 aromatic carbocycles. The molecule has 0 atom stereocenters. The van der Waals surface area contributed by atoms with Gasteiger partial charge in [0, 0.05) is 19.2 Å². The third kappa shape index (κ3) is 6.54. The Kier molecular flexibility index (Phi) is 8.60. The summed E-state index contributed by atoms with van der Waals surface area (Å²) >= 11 is 0. The third-order valence-electron chi connectivity index (χ3n) is 4.66. The molecule has 7 nitrogen and oxygen atoms in total. The van der Waals surface area contributed by atoms with Crippen LogP contribution < -0.4 is 9.79 Å². The lowest BCUT2D eigenvalue weighted by Gasteiger charge is -2.24. The van der Waals surface area contributed by atoms with Crippen molar-refractivity contribution in [3.63, 3.8) is 0 Å². The van der Waals surface area contributed by atoms with E-state index in [0.717, 1.165) is 18.4 Å². The summed E-state index contributed by atoms with van der Waals surface area (Å²) < 4.78 is 28.1. The van der Waals surface area contributed by atoms with Gasteiger partial charge in [0.05, 0.1) is 4.90 Å². The molecule has 0 bridgehead atoms. The maximum Gasteiger partial charge on any atom is 0.265 e. The summed E-state index contributed by atoms with van der Waals surface area (Å²) in [7, 11) is -3.75. The van der Waals surface area contributed by atoms with Crippen LogP contribution in [0, 0.1) is 0 Å². The van der Waals surface area contributed by atoms with Gasteiger partial charge in [-0.25, -0.2) is 23.2 Å². The Morgan fingerprint density at radius 3 is 2.52 bits per heavy atom. The van der Waals surface area contributed by atoms with Crippen molar-refractivity contribution in [3.05, 3.63) is 54.2 Å². The first-order chi connectivity index (χ1) is 13.9. The molecule has 8 heteroatoms. The molecule has 2 N–H and O–H groups in total. The summed E-state index contributed by atoms with van der Waals surface area (Å²) in [5, 5.41) is 8.51. The van der Waals surface area contributed by atoms with Gasteiger partial charge in [0.2, 0.25) is 5.91 Å². The average Bonchev–Trinajstić information content (AvgIpc) is 2.73. The Balaban J connectivity index is 2.14. The van der Waals surface area contributed by atoms with E-state index < -0.39 is 15.9 Å². The number of carbonyl (C=O) groups excluding carboxylic acids is 1. The SMILES string of the molecule is CC(C)c1cccc(S(=O)(=O)N(CCCCCCC(=O)NO)c2ccccn2)c1. The highest BCUT2D eigenvalue weighted by atomic mass is 32.2. The summed E-state index contributed by atoms with van der Waals surface area (Å²) in [6, 6.07) is 12.2. The van der Waals surface area contributed by atoms with Gasteiger partial charge < -0.3 is 0 Å². The number of pyridine rings is 1. The van der Waals surface area contributed by atoms with Crippen LogP contribution in [0.1, 0.15) is 57.4 Å². The lowest BCUT2D eigenvalue weighted by Crippen LogP contribution is -2.32. The van der Waals surface area contributed by atoms with E-state index >= 15 is 0 Å². The molecule has 0 aliphatic carbocycles. The highest BCUT2D eigenvalue weighted by molar-refractivity contribution is 7.92. The number of amides is 1. The fourth-order valence-electron chi connectivity index (χ4n) is 2.97. The normalized spacial score (nSPS) is 11.4. The van der Waals surface area contributed by atoms with E-state index in [4.69, 9.17) is 5.21 Å². The maximum atomic E-state index is 13.4. The van der Waals surface area contributed by atoms with Crippen molar-refractivity contribution in [1.82, 2.24) is 10.5 Å². The van der Waals surface area contributed by atoms with E-state index in [1.165, 1.54) is 4.31 Å². The number of aromatic nitrogens is 1. The number of hydrogen-bond acceptors (Lipinski definition) is 5. The highest BCUT2D eigenvalue weighted by Crippen LogP contribution is 2.25. The second-order valence-electron chi connectivity index (χ2n) is 7.19. The van der Waals surface area contributed by atoms with E-state index in [-0.39, 0.29) is 17.2 Å². The number of sulfonamides is 1. The number of hydrogen-bond donors (Lipinski definition) is 2. The Morgan fingerprint density at radius 1 is 1.10 bits per heavy atom. The van der Waals surface area contributed by atoms with Crippen molar-refractivity contribution < 1.29 is 18.4 Å². The van der Waals surface area contributed by atoms with Gasteiger partial charge in [-0.15, -0.1) is 0 Å². The van der Waals surface area contributed by atoms with E-state index in [1.54, 1.807) is 48.1 Å². The second-order valence-corrected chi connectivity index (χ2v) is 9.05. The Hall–Kier alpha value is -2.45. The smallest absolute Gasteiger partial charge is 0.265 e. The average molecular weight is 420 g/mol. The van der Waals surface area contributed by atoms with Crippen molar-refractivity contribution in [1.29, 1.82) is 0 Å². The molecule has 1 heterocycles. The largest absolute Gasteiger partial charge is 0.289 e. The molecule has 0 fully saturated rings. The molecule has 0 aliphatic rings. The number of nitrogens with one attached hydrogen (secondary N) is 1. The van der Waals surface area contributed by atoms with Crippen LogP contribution in [0.4, 0.5) is 5.82 Å². The van der Waals surface area contributed by atoms with E-state index in [9.17, 15) is 13.2 Å². The third-order valence-corrected chi connectivity index (χ3v) is 6.46. The molecule has 0 radical (unpaired) electrons. The van der Waals surface area contributed by atoms with E-state index in [1.807, 2.05) is 19.9 Å². The topological polar surface area (TPSA) is 99.6 Å². The lowest BCUT2D eigenvalue weighted by molar-refractivity contribution is -0.129. The molecular formula is C21H29N3O4S. The minimum absolute atomic E-state index is 0.226. The standard InChI is InChI=1S/C21H29N3O4S/c1-17(2)18-10-9-11-19(16-18)29(27,28)24(20-12-6-7-14-22-20)15-8-4-3-5-13-21(25)23-26/h6-7,9-12,14,16-17,26H,3-5,8,13,15H2,1-2H3,(H,23,25). The molecule has 0 spiro atoms. The summed E-state index contributed by atoms with van der Waals surface area (Å²) in [6.07, 6.45) is 4.65. The first-order valence-electron chi connectivity index (χ1n) is 9.83. The predicted octanol–water partition coefficient (Wildman–Crippen LogP) is 3.86. The van der Waals surface area contributed by atoms with Crippen LogP contribution in [-0.2, 0) is 14.8 Å². The second kappa shape index (κ2) is 10.9. The number of nitrogens with zero attached hydrogens (tertiary/aromatic N) is 2. The Labute approximate surface area is 172 Å². The number of carbonyl (C=O) groups is 1. The van der Waals surface area contributed by atoms with Crippen LogP contribution in [0.5, 0.6) is 0 Å². The van der Waals surface area contributed by atoms with Crippen LogP contribution in [0.2, 0.25) is 0 Å². The zero-order valence-electron chi connectivity index (χ0n) is 16.9. The number of rotatable bonds is 11. The van der Waals surface area contributed by atoms with Crippen LogP contribution in [-0.4, -0.2) is 31.1 Å². The van der Waals surface area contributed by atoms with Crippen LogP contribution in [0.15, 0.2) is 53.6 Å². The van der Waals surface area contributed by atoms with E-state index in [2.05, 4.69) is 4.98 Å². The summed E-state index contributed by atoms with van der Waals surface area (Å²) in [6.45, 7) is 4.36. The number of anilines is 1. The highest BCUT2D eigenvalue weighted by Gasteiger charge is 2.26. The molecule has 1 aromatic heterocycles. The lowest BCUT2D eigenvalue weighted by atomic mass is 10.0. The van der Waals surface area contributed by atoms with Gasteiger partial charge in [0.25, 0.3) is 10.0 Å². The molecule has 158 valence electrons. The molecule has 29 heavy (non-hydrogen) atoms. The van der Waals surface area contributed by atoms with Gasteiger partial charge >= 0.3 is 0 Å². The minimum atomic E-state index is -3.75. The summed E-state index contributed by atoms with van der Waals surface area (Å²) in [5.41, 5.74) is 2.58. The van der Waals surface area contributed by atoms with Gasteiger partial charge in [0.1, 0.15) is 5.82 Å². The first-order valence-corrected chi connectivity index (χ1v) is 11.3. The molecule has 2 rings (SSSR count). The zero-order valence-corrected chi connectivity index (χ0v) is 17.7. The van der Waals surface area contributed by atoms with Crippen molar-refractivity contribution in [3.8, 4) is 0 Å². The fraction of sp³-hybridized carbons (Fsp3) is 0.429. The predicted molar refractivity (Wildman–Crippen MR) is 112 cm³/mol. The molecule has 0 aliphatic heterocycles. The maximum absolute atomic E-state index is 13.4. The monoisotopic (exact) mass is 419 g/mol. The van der Waals surface area contributed by atoms with Gasteiger partial charge in [-0.05, 0) is 48.6 Å². The van der Waals surface area contributed by atoms with Gasteiger partial charge in [-0.2, -0.15) is 0 Å². The zero-order chi connectivity index (χ0) is 21.3. The van der Waals surface area contributed by atoms with E-state index in [0.29, 0.717) is 25.2 Å². The van der Waals surface area contributed by atoms with Crippen LogP contribution in [0.3, 0.4) is 0 Å². The van der Waals surface area contributed by atoms with Gasteiger partial charge in [0.15, 0.2) is 0 Å². The summed E-state index contributed by atoms with van der Waals surface area (Å²) in [5.74, 6) is 0.208. The van der Waals surface area contributed by atoms with Gasteiger partial charge in [-0.3, -0.25) is 10.0 Å². The Morgan fingerprint density at radius 2 is 1.86 bits per heavy atom. The molecule has 0 saturated heterocycles. The van der Waals surface area contributed by atoms with Crippen LogP contribution in [0.25, 0.3) is 0 Å². The number of hydroxylamine groups is 1. The van der Waals surface area contributed by atoms with Crippen molar-refractivity contribution in [2.75, 3.05) is 10.8 Å². The quantitative estimate of drug-likeness (QED) is 0.327. The van der Waals surface area contributed by atoms with Crippen molar-refractivity contribution in [2.24, 2.45) is 0 Å². The van der Waals surface area contributed by atoms with Crippen LogP contribution >= 0.6 is 0 Å². The summed E-state index contributed by atoms with van der Waals surface area (Å²) in [4.78, 5) is 15.5. The minimum Gasteiger partial charge on any atom is -0.289 e. The Bertz CT molecular complexity index is 886. The van der Waals surface area contributed by atoms with Gasteiger partial charge in [-0.1, -0.05) is 44.9 Å². The molecule has 1 amide bonds. The molecular weight excluding hydrogens is 390 g/mol. The number of benzene rings is 1. The first kappa shape index (κ1) is 22.8. The number of unbranched alkanes of at least 4 members (excludes halogenated alkanes) is 3. The molecule has 2 aromatic rings. The molecule has 0 saturated carbocycles. The fourth-order valence-corrected chi connectivity index (χ4v) is 4.48.